The number of hydrogen-bond donors (Lipinski definition) is 1. The number of anilines is 1. The zero-order valence-corrected chi connectivity index (χ0v) is 20.0. The van der Waals surface area contributed by atoms with Crippen LogP contribution in [0, 0.1) is 5.92 Å². The van der Waals surface area contributed by atoms with Crippen molar-refractivity contribution in [3.8, 4) is 0 Å². The molecule has 4 aromatic rings. The Hall–Kier alpha value is -3.24. The van der Waals surface area contributed by atoms with Crippen molar-refractivity contribution >= 4 is 28.0 Å². The molecule has 10 heteroatoms. The molecule has 0 saturated heterocycles. The van der Waals surface area contributed by atoms with Crippen LogP contribution in [0.15, 0.2) is 55.0 Å². The molecule has 0 radical (unpaired) electrons. The highest BCUT2D eigenvalue weighted by atomic mass is 32.1. The maximum Gasteiger partial charge on any atom is 0.416 e. The highest BCUT2D eigenvalue weighted by molar-refractivity contribution is 7.15. The molecule has 6 nitrogen and oxygen atoms in total. The van der Waals surface area contributed by atoms with Gasteiger partial charge in [-0.15, -0.1) is 11.3 Å². The van der Waals surface area contributed by atoms with Gasteiger partial charge in [0, 0.05) is 36.6 Å². The van der Waals surface area contributed by atoms with Crippen LogP contribution in [0.4, 0.5) is 18.3 Å². The Bertz CT molecular complexity index is 1360. The molecule has 1 aliphatic heterocycles. The first-order valence-electron chi connectivity index (χ1n) is 11.3. The van der Waals surface area contributed by atoms with Crippen molar-refractivity contribution in [3.63, 3.8) is 0 Å². The molecule has 5 rings (SSSR count). The molecule has 3 aromatic heterocycles. The Morgan fingerprint density at radius 2 is 1.94 bits per heavy atom. The molecule has 35 heavy (non-hydrogen) atoms. The number of nitrogens with zero attached hydrogens (tertiary/aromatic N) is 4. The fourth-order valence-electron chi connectivity index (χ4n) is 4.55. The van der Waals surface area contributed by atoms with Gasteiger partial charge in [-0.2, -0.15) is 13.2 Å². The molecule has 1 aliphatic rings. The summed E-state index contributed by atoms with van der Waals surface area (Å²) in [7, 11) is 0. The number of aromatic nitrogens is 3. The number of fused-ring (bicyclic) bond motifs is 2. The van der Waals surface area contributed by atoms with Gasteiger partial charge in [-0.25, -0.2) is 9.97 Å². The molecule has 0 fully saturated rings. The van der Waals surface area contributed by atoms with Gasteiger partial charge in [0.05, 0.1) is 23.7 Å². The predicted octanol–water partition coefficient (Wildman–Crippen LogP) is 5.70. The van der Waals surface area contributed by atoms with Crippen LogP contribution in [-0.4, -0.2) is 25.2 Å². The highest BCUT2D eigenvalue weighted by Crippen LogP contribution is 2.43. The van der Waals surface area contributed by atoms with Crippen LogP contribution in [0.25, 0.3) is 5.65 Å². The minimum absolute atomic E-state index is 0.0250. The molecule has 182 valence electrons. The van der Waals surface area contributed by atoms with Crippen LogP contribution >= 0.6 is 11.3 Å². The summed E-state index contributed by atoms with van der Waals surface area (Å²) in [6.07, 6.45) is 1.32. The van der Waals surface area contributed by atoms with Gasteiger partial charge in [0.15, 0.2) is 5.13 Å². The largest absolute Gasteiger partial charge is 0.416 e. The first kappa shape index (κ1) is 23.5. The number of pyridine rings is 1. The van der Waals surface area contributed by atoms with E-state index in [1.54, 1.807) is 6.20 Å². The number of nitrogens with one attached hydrogen (secondary N) is 1. The van der Waals surface area contributed by atoms with Gasteiger partial charge >= 0.3 is 6.18 Å². The van der Waals surface area contributed by atoms with E-state index < -0.39 is 11.7 Å². The lowest BCUT2D eigenvalue weighted by molar-refractivity contribution is -0.137. The van der Waals surface area contributed by atoms with Gasteiger partial charge < -0.3 is 9.72 Å². The molecular weight excluding hydrogens is 475 g/mol. The Labute approximate surface area is 204 Å². The van der Waals surface area contributed by atoms with E-state index in [1.165, 1.54) is 23.5 Å². The topological polar surface area (TPSA) is 62.5 Å². The quantitative estimate of drug-likeness (QED) is 0.370. The molecule has 1 amide bonds. The molecular formula is C25H24F3N5OS. The Balaban J connectivity index is 1.26. The summed E-state index contributed by atoms with van der Waals surface area (Å²) in [5.74, 6) is 0.105. The van der Waals surface area contributed by atoms with Crippen molar-refractivity contribution in [2.45, 2.75) is 45.6 Å². The second-order valence-corrected chi connectivity index (χ2v) is 10.2. The molecule has 1 atom stereocenters. The Morgan fingerprint density at radius 3 is 2.66 bits per heavy atom. The molecule has 1 unspecified atom stereocenters. The zero-order valence-electron chi connectivity index (χ0n) is 19.2. The smallest absolute Gasteiger partial charge is 0.307 e. The third-order valence-corrected chi connectivity index (χ3v) is 7.09. The van der Waals surface area contributed by atoms with Gasteiger partial charge in [0.1, 0.15) is 5.65 Å². The predicted molar refractivity (Wildman–Crippen MR) is 128 cm³/mol. The first-order chi connectivity index (χ1) is 16.7. The SMILES string of the molecule is CC(C)C1c2nc(NC(=O)Cc3ccn4ccnc4c3)sc2CN1Cc1ccc(C(F)(F)F)cc1. The summed E-state index contributed by atoms with van der Waals surface area (Å²) < 4.78 is 40.5. The maximum absolute atomic E-state index is 12.9. The van der Waals surface area contributed by atoms with E-state index in [0.717, 1.165) is 39.5 Å². The maximum atomic E-state index is 12.9. The molecule has 4 heterocycles. The van der Waals surface area contributed by atoms with E-state index >= 15 is 0 Å². The van der Waals surface area contributed by atoms with Crippen LogP contribution in [0.1, 0.15) is 47.2 Å². The molecule has 1 aromatic carbocycles. The number of halogens is 3. The summed E-state index contributed by atoms with van der Waals surface area (Å²) >= 11 is 1.46. The zero-order chi connectivity index (χ0) is 24.7. The number of alkyl halides is 3. The third kappa shape index (κ3) is 4.94. The van der Waals surface area contributed by atoms with Crippen molar-refractivity contribution in [2.24, 2.45) is 5.92 Å². The Kier molecular flexibility index (Phi) is 6.10. The van der Waals surface area contributed by atoms with Crippen molar-refractivity contribution in [1.29, 1.82) is 0 Å². The van der Waals surface area contributed by atoms with Crippen LogP contribution in [0.2, 0.25) is 0 Å². The highest BCUT2D eigenvalue weighted by Gasteiger charge is 2.36. The van der Waals surface area contributed by atoms with Crippen molar-refractivity contribution < 1.29 is 18.0 Å². The lowest BCUT2D eigenvalue weighted by atomic mass is 10.0. The summed E-state index contributed by atoms with van der Waals surface area (Å²) in [6, 6.07) is 9.12. The molecule has 0 bridgehead atoms. The van der Waals surface area contributed by atoms with E-state index in [2.05, 4.69) is 29.0 Å². The second kappa shape index (κ2) is 9.09. The minimum atomic E-state index is -4.34. The van der Waals surface area contributed by atoms with Gasteiger partial charge in [-0.3, -0.25) is 9.69 Å². The third-order valence-electron chi connectivity index (χ3n) is 6.12. The average molecular weight is 500 g/mol. The van der Waals surface area contributed by atoms with Gasteiger partial charge in [0.25, 0.3) is 0 Å². The number of benzene rings is 1. The van der Waals surface area contributed by atoms with Crippen LogP contribution < -0.4 is 5.32 Å². The number of imidazole rings is 1. The fourth-order valence-corrected chi connectivity index (χ4v) is 5.60. The standard InChI is InChI=1S/C25H24F3N5OS/c1-15(2)23-22-19(14-33(23)13-16-3-5-18(6-4-16)25(26,27)28)35-24(31-22)30-21(34)12-17-7-9-32-10-8-29-20(32)11-17/h3-11,15,23H,12-14H2,1-2H3,(H,30,31,34). The summed E-state index contributed by atoms with van der Waals surface area (Å²) in [4.78, 5) is 24.9. The number of carbonyl (C=O) groups excluding carboxylic acids is 1. The minimum Gasteiger partial charge on any atom is -0.307 e. The van der Waals surface area contributed by atoms with Gasteiger partial charge in [0.2, 0.25) is 5.91 Å². The first-order valence-corrected chi connectivity index (χ1v) is 12.1. The van der Waals surface area contributed by atoms with Crippen molar-refractivity contribution in [3.05, 3.63) is 82.3 Å². The molecule has 0 saturated carbocycles. The van der Waals surface area contributed by atoms with Gasteiger partial charge in [-0.1, -0.05) is 26.0 Å². The van der Waals surface area contributed by atoms with Crippen LogP contribution in [0.3, 0.4) is 0 Å². The lowest BCUT2D eigenvalue weighted by Gasteiger charge is -2.27. The van der Waals surface area contributed by atoms with E-state index in [1.807, 2.05) is 28.9 Å². The van der Waals surface area contributed by atoms with E-state index in [4.69, 9.17) is 4.98 Å². The second-order valence-electron chi connectivity index (χ2n) is 9.07. The van der Waals surface area contributed by atoms with Crippen molar-refractivity contribution in [2.75, 3.05) is 5.32 Å². The number of thiazole rings is 1. The monoisotopic (exact) mass is 499 g/mol. The average Bonchev–Trinajstić information content (AvgIpc) is 3.47. The van der Waals surface area contributed by atoms with E-state index in [-0.39, 0.29) is 24.3 Å². The van der Waals surface area contributed by atoms with Gasteiger partial charge in [-0.05, 0) is 41.3 Å². The fraction of sp³-hybridized carbons (Fsp3) is 0.320. The molecule has 1 N–H and O–H groups in total. The number of rotatable bonds is 6. The number of hydrogen-bond acceptors (Lipinski definition) is 5. The molecule has 0 spiro atoms. The van der Waals surface area contributed by atoms with E-state index in [9.17, 15) is 18.0 Å². The molecule has 0 aliphatic carbocycles. The summed E-state index contributed by atoms with van der Waals surface area (Å²) in [5, 5.41) is 3.49. The number of amides is 1. The van der Waals surface area contributed by atoms with Crippen LogP contribution in [0.5, 0.6) is 0 Å². The lowest BCUT2D eigenvalue weighted by Crippen LogP contribution is -2.26. The van der Waals surface area contributed by atoms with E-state index in [0.29, 0.717) is 18.2 Å². The van der Waals surface area contributed by atoms with Crippen molar-refractivity contribution in [1.82, 2.24) is 19.3 Å². The number of carbonyl (C=O) groups is 1. The summed E-state index contributed by atoms with van der Waals surface area (Å²) in [6.45, 7) is 5.37. The normalized spacial score (nSPS) is 16.2. The Morgan fingerprint density at radius 1 is 1.17 bits per heavy atom. The summed E-state index contributed by atoms with van der Waals surface area (Å²) in [5.41, 5.74) is 2.77. The van der Waals surface area contributed by atoms with Crippen LogP contribution in [-0.2, 0) is 30.5 Å².